The van der Waals surface area contributed by atoms with Crippen molar-refractivity contribution in [1.82, 2.24) is 4.90 Å². The highest BCUT2D eigenvalue weighted by Crippen LogP contribution is 2.50. The van der Waals surface area contributed by atoms with E-state index >= 15 is 0 Å². The fourth-order valence-electron chi connectivity index (χ4n) is 5.15. The molecule has 0 spiro atoms. The number of hydrogen-bond acceptors (Lipinski definition) is 4. The molecule has 0 unspecified atom stereocenters. The number of aryl methyl sites for hydroxylation is 1. The molecule has 2 heterocycles. The maximum atomic E-state index is 13.8. The molecule has 3 aromatic carbocycles. The Morgan fingerprint density at radius 2 is 1.79 bits per heavy atom. The highest BCUT2D eigenvalue weighted by Gasteiger charge is 2.33. The highest BCUT2D eigenvalue weighted by atomic mass is 32.2. The van der Waals surface area contributed by atoms with Crippen molar-refractivity contribution in [3.05, 3.63) is 88.7 Å². The van der Waals surface area contributed by atoms with Gasteiger partial charge in [0.2, 0.25) is 0 Å². The van der Waals surface area contributed by atoms with Gasteiger partial charge in [0.1, 0.15) is 23.9 Å². The van der Waals surface area contributed by atoms with Crippen molar-refractivity contribution in [3.63, 3.8) is 0 Å². The number of hydrogen-bond donors (Lipinski definition) is 1. The van der Waals surface area contributed by atoms with E-state index in [-0.39, 0.29) is 36.0 Å². The van der Waals surface area contributed by atoms with E-state index in [4.69, 9.17) is 4.74 Å². The van der Waals surface area contributed by atoms with E-state index in [0.29, 0.717) is 6.61 Å². The summed E-state index contributed by atoms with van der Waals surface area (Å²) in [4.78, 5) is 3.29. The van der Waals surface area contributed by atoms with Crippen LogP contribution in [0.5, 0.6) is 11.5 Å². The lowest BCUT2D eigenvalue weighted by Crippen LogP contribution is -2.49. The first-order valence-corrected chi connectivity index (χ1v) is 12.7. The number of ether oxygens (including phenoxy) is 1. The van der Waals surface area contributed by atoms with Gasteiger partial charge in [0.05, 0.1) is 6.67 Å². The fourth-order valence-corrected chi connectivity index (χ4v) is 6.45. The van der Waals surface area contributed by atoms with Gasteiger partial charge in [-0.05, 0) is 65.6 Å². The van der Waals surface area contributed by atoms with Crippen molar-refractivity contribution < 1.29 is 18.6 Å². The molecule has 6 heteroatoms. The van der Waals surface area contributed by atoms with Gasteiger partial charge >= 0.3 is 0 Å². The van der Waals surface area contributed by atoms with Crippen molar-refractivity contribution in [2.75, 3.05) is 38.7 Å². The summed E-state index contributed by atoms with van der Waals surface area (Å²) in [5.41, 5.74) is 4.45. The molecule has 178 valence electrons. The minimum Gasteiger partial charge on any atom is -0.508 e. The minimum absolute atomic E-state index is 0.0915. The maximum Gasteiger partial charge on any atom is 0.123 e. The van der Waals surface area contributed by atoms with Crippen LogP contribution in [0.2, 0.25) is 0 Å². The Labute approximate surface area is 203 Å². The van der Waals surface area contributed by atoms with Crippen LogP contribution < -0.4 is 4.74 Å². The molecule has 3 nitrogen and oxygen atoms in total. The van der Waals surface area contributed by atoms with Crippen LogP contribution in [-0.2, 0) is 0 Å². The van der Waals surface area contributed by atoms with E-state index in [0.717, 1.165) is 47.2 Å². The van der Waals surface area contributed by atoms with Crippen molar-refractivity contribution in [1.29, 1.82) is 0 Å². The Kier molecular flexibility index (Phi) is 6.79. The van der Waals surface area contributed by atoms with Crippen molar-refractivity contribution >= 4 is 11.8 Å². The molecular formula is C28H29F2NO2S. The third-order valence-corrected chi connectivity index (χ3v) is 8.14. The van der Waals surface area contributed by atoms with Gasteiger partial charge in [0, 0.05) is 48.0 Å². The summed E-state index contributed by atoms with van der Waals surface area (Å²) in [5, 5.41) is 10.0. The summed E-state index contributed by atoms with van der Waals surface area (Å²) in [7, 11) is 0. The normalized spacial score (nSPS) is 20.6. The molecular weight excluding hydrogens is 452 g/mol. The molecule has 2 atom stereocenters. The predicted molar refractivity (Wildman–Crippen MR) is 132 cm³/mol. The molecule has 0 bridgehead atoms. The number of benzene rings is 3. The molecule has 0 radical (unpaired) electrons. The zero-order valence-electron chi connectivity index (χ0n) is 19.2. The number of thioether (sulfide) groups is 1. The molecule has 1 fully saturated rings. The number of fused-ring (bicyclic) bond motifs is 1. The fraction of sp³-hybridized carbons (Fsp3) is 0.357. The molecule has 0 aliphatic carbocycles. The number of halogens is 2. The second-order valence-corrected chi connectivity index (χ2v) is 10.4. The summed E-state index contributed by atoms with van der Waals surface area (Å²) < 4.78 is 32.3. The van der Waals surface area contributed by atoms with Gasteiger partial charge in [0.25, 0.3) is 0 Å². The van der Waals surface area contributed by atoms with Crippen LogP contribution in [0.4, 0.5) is 8.78 Å². The maximum absolute atomic E-state index is 13.8. The van der Waals surface area contributed by atoms with E-state index in [2.05, 4.69) is 17.0 Å². The molecule has 2 aliphatic rings. The Hall–Kier alpha value is -2.57. The molecule has 1 saturated heterocycles. The van der Waals surface area contributed by atoms with Gasteiger partial charge in [-0.25, -0.2) is 4.39 Å². The second-order valence-electron chi connectivity index (χ2n) is 9.32. The van der Waals surface area contributed by atoms with Gasteiger partial charge in [-0.15, -0.1) is 11.8 Å². The molecule has 5 rings (SSSR count). The van der Waals surface area contributed by atoms with Gasteiger partial charge in [0.15, 0.2) is 0 Å². The summed E-state index contributed by atoms with van der Waals surface area (Å²) in [5.74, 6) is 2.18. The standard InChI is InChI=1S/C28H29F2NO2S/c1-18-12-21(30)4-8-24(18)26-17-34-27-13-22(32)5-9-25(27)28(26)20-2-6-23(7-3-20)33-11-10-31-15-19(14-29)16-31/h2-9,12-13,19,26,28,32H,10-11,14-17H2,1H3/t26-,28-/m0/s1. The van der Waals surface area contributed by atoms with Crippen LogP contribution in [0.1, 0.15) is 34.1 Å². The molecule has 3 aromatic rings. The number of phenolic OH excluding ortho intramolecular Hbond substituents is 1. The van der Waals surface area contributed by atoms with Crippen LogP contribution in [0, 0.1) is 18.7 Å². The smallest absolute Gasteiger partial charge is 0.123 e. The van der Waals surface area contributed by atoms with Gasteiger partial charge in [-0.2, -0.15) is 0 Å². The summed E-state index contributed by atoms with van der Waals surface area (Å²) in [6.45, 7) is 4.76. The van der Waals surface area contributed by atoms with Gasteiger partial charge in [-0.1, -0.05) is 24.3 Å². The lowest BCUT2D eigenvalue weighted by atomic mass is 9.76. The average molecular weight is 482 g/mol. The van der Waals surface area contributed by atoms with Crippen LogP contribution in [0.25, 0.3) is 0 Å². The Morgan fingerprint density at radius 3 is 2.53 bits per heavy atom. The molecule has 2 aliphatic heterocycles. The Balaban J connectivity index is 1.37. The summed E-state index contributed by atoms with van der Waals surface area (Å²) in [6, 6.07) is 18.9. The number of phenols is 1. The zero-order valence-corrected chi connectivity index (χ0v) is 20.0. The van der Waals surface area contributed by atoms with E-state index in [9.17, 15) is 13.9 Å². The molecule has 0 amide bonds. The lowest BCUT2D eigenvalue weighted by Gasteiger charge is -2.37. The van der Waals surface area contributed by atoms with E-state index in [1.165, 1.54) is 11.1 Å². The summed E-state index contributed by atoms with van der Waals surface area (Å²) >= 11 is 1.74. The predicted octanol–water partition coefficient (Wildman–Crippen LogP) is 6.14. The number of nitrogens with zero attached hydrogens (tertiary/aromatic N) is 1. The second kappa shape index (κ2) is 9.96. The molecule has 0 aromatic heterocycles. The van der Waals surface area contributed by atoms with Crippen LogP contribution in [0.3, 0.4) is 0 Å². The zero-order chi connectivity index (χ0) is 23.7. The molecule has 34 heavy (non-hydrogen) atoms. The van der Waals surface area contributed by atoms with Gasteiger partial charge < -0.3 is 9.84 Å². The first kappa shape index (κ1) is 23.2. The molecule has 0 saturated carbocycles. The molecule has 1 N–H and O–H groups in total. The quantitative estimate of drug-likeness (QED) is 0.439. The SMILES string of the molecule is Cc1cc(F)ccc1[C@@H]1CSc2cc(O)ccc2[C@@H]1c1ccc(OCCN2CC(CF)C2)cc1. The van der Waals surface area contributed by atoms with Crippen LogP contribution in [0.15, 0.2) is 65.6 Å². The topological polar surface area (TPSA) is 32.7 Å². The number of rotatable bonds is 7. The lowest BCUT2D eigenvalue weighted by molar-refractivity contribution is 0.0668. The van der Waals surface area contributed by atoms with E-state index in [1.807, 2.05) is 37.3 Å². The third-order valence-electron chi connectivity index (χ3n) is 6.95. The largest absolute Gasteiger partial charge is 0.508 e. The Morgan fingerprint density at radius 1 is 1.03 bits per heavy atom. The monoisotopic (exact) mass is 481 g/mol. The van der Waals surface area contributed by atoms with Gasteiger partial charge in [-0.3, -0.25) is 9.29 Å². The first-order valence-electron chi connectivity index (χ1n) is 11.7. The van der Waals surface area contributed by atoms with Crippen molar-refractivity contribution in [2.45, 2.75) is 23.7 Å². The minimum atomic E-state index is -0.236. The van der Waals surface area contributed by atoms with E-state index < -0.39 is 0 Å². The van der Waals surface area contributed by atoms with Crippen molar-refractivity contribution in [3.8, 4) is 11.5 Å². The van der Waals surface area contributed by atoms with E-state index in [1.54, 1.807) is 30.0 Å². The van der Waals surface area contributed by atoms with Crippen molar-refractivity contribution in [2.24, 2.45) is 5.92 Å². The number of alkyl halides is 1. The number of likely N-dealkylation sites (tertiary alicyclic amines) is 1. The van der Waals surface area contributed by atoms with Crippen LogP contribution >= 0.6 is 11.8 Å². The number of aromatic hydroxyl groups is 1. The highest BCUT2D eigenvalue weighted by molar-refractivity contribution is 7.99. The first-order chi connectivity index (χ1) is 16.5. The Bertz CT molecular complexity index is 1150. The third kappa shape index (κ3) is 4.80. The van der Waals surface area contributed by atoms with Crippen LogP contribution in [-0.4, -0.2) is 48.7 Å². The average Bonchev–Trinajstić information content (AvgIpc) is 2.80. The summed E-state index contributed by atoms with van der Waals surface area (Å²) in [6.07, 6.45) is 0.